The fraction of sp³-hybridized carbons (Fsp3) is 0.200. The van der Waals surface area contributed by atoms with Crippen LogP contribution in [0.2, 0.25) is 0 Å². The number of aryl methyl sites for hydroxylation is 1. The molecule has 0 aliphatic carbocycles. The zero-order valence-electron chi connectivity index (χ0n) is 15.8. The molecule has 2 aromatic carbocycles. The van der Waals surface area contributed by atoms with Gasteiger partial charge < -0.3 is 9.84 Å². The molecule has 0 saturated carbocycles. The molecule has 3 aromatic rings. The van der Waals surface area contributed by atoms with Gasteiger partial charge in [0, 0.05) is 17.3 Å². The number of nitrogens with zero attached hydrogens (tertiary/aromatic N) is 1. The number of rotatable bonds is 6. The molecule has 8 heteroatoms. The molecule has 0 radical (unpaired) electrons. The molecule has 1 heterocycles. The molecule has 0 fully saturated rings. The molecule has 28 heavy (non-hydrogen) atoms. The van der Waals surface area contributed by atoms with E-state index in [1.165, 1.54) is 24.3 Å². The van der Waals surface area contributed by atoms with Crippen LogP contribution >= 0.6 is 0 Å². The minimum Gasteiger partial charge on any atom is -0.360 e. The smallest absolute Gasteiger partial charge is 0.261 e. The van der Waals surface area contributed by atoms with E-state index < -0.39 is 15.9 Å². The Hall–Kier alpha value is -3.13. The zero-order valence-corrected chi connectivity index (χ0v) is 16.6. The van der Waals surface area contributed by atoms with Crippen LogP contribution in [0.1, 0.15) is 41.4 Å². The molecule has 0 spiro atoms. The maximum atomic E-state index is 12.7. The Balaban J connectivity index is 1.78. The Morgan fingerprint density at radius 1 is 1.07 bits per heavy atom. The fourth-order valence-electron chi connectivity index (χ4n) is 2.57. The molecule has 0 unspecified atom stereocenters. The van der Waals surface area contributed by atoms with E-state index in [1.54, 1.807) is 25.1 Å². The molecule has 2 N–H and O–H groups in total. The van der Waals surface area contributed by atoms with Crippen LogP contribution in [-0.2, 0) is 10.0 Å². The summed E-state index contributed by atoms with van der Waals surface area (Å²) < 4.78 is 32.8. The van der Waals surface area contributed by atoms with Crippen LogP contribution in [0, 0.1) is 6.92 Å². The van der Waals surface area contributed by atoms with Crippen LogP contribution in [0.4, 0.5) is 11.5 Å². The average Bonchev–Trinajstić information content (AvgIpc) is 3.06. The maximum Gasteiger partial charge on any atom is 0.261 e. The number of carbonyl (C=O) groups excluding carboxylic acids is 1. The van der Waals surface area contributed by atoms with Crippen molar-refractivity contribution in [2.45, 2.75) is 31.6 Å². The normalized spacial score (nSPS) is 11.4. The van der Waals surface area contributed by atoms with Crippen molar-refractivity contribution < 1.29 is 17.7 Å². The van der Waals surface area contributed by atoms with Crippen LogP contribution in [-0.4, -0.2) is 19.5 Å². The van der Waals surface area contributed by atoms with Crippen molar-refractivity contribution in [2.24, 2.45) is 0 Å². The van der Waals surface area contributed by atoms with Gasteiger partial charge in [-0.25, -0.2) is 8.42 Å². The SMILES string of the molecule is Cc1cc(NC(=O)c2cccc(S(=O)(=O)Nc3ccc(C(C)C)cc3)c2)no1. The summed E-state index contributed by atoms with van der Waals surface area (Å²) in [6.45, 7) is 5.83. The van der Waals surface area contributed by atoms with Gasteiger partial charge in [-0.15, -0.1) is 0 Å². The molecule has 7 nitrogen and oxygen atoms in total. The standard InChI is InChI=1S/C20H21N3O4S/c1-13(2)15-7-9-17(10-8-15)23-28(25,26)18-6-4-5-16(12-18)20(24)21-19-11-14(3)27-22-19/h4-13,23H,1-3H3,(H,21,22,24). The van der Waals surface area contributed by atoms with Gasteiger partial charge in [-0.1, -0.05) is 37.2 Å². The van der Waals surface area contributed by atoms with Crippen LogP contribution in [0.5, 0.6) is 0 Å². The topological polar surface area (TPSA) is 101 Å². The summed E-state index contributed by atoms with van der Waals surface area (Å²) in [4.78, 5) is 12.3. The molecule has 1 amide bonds. The van der Waals surface area contributed by atoms with Crippen molar-refractivity contribution in [3.8, 4) is 0 Å². The van der Waals surface area contributed by atoms with E-state index in [9.17, 15) is 13.2 Å². The first-order chi connectivity index (χ1) is 13.2. The van der Waals surface area contributed by atoms with Crippen LogP contribution in [0.15, 0.2) is 64.0 Å². The number of nitrogens with one attached hydrogen (secondary N) is 2. The van der Waals surface area contributed by atoms with Gasteiger partial charge in [-0.05, 0) is 48.7 Å². The lowest BCUT2D eigenvalue weighted by atomic mass is 10.0. The summed E-state index contributed by atoms with van der Waals surface area (Å²) in [6, 6.07) is 14.6. The predicted molar refractivity (Wildman–Crippen MR) is 107 cm³/mol. The highest BCUT2D eigenvalue weighted by Gasteiger charge is 2.17. The lowest BCUT2D eigenvalue weighted by Gasteiger charge is -2.11. The summed E-state index contributed by atoms with van der Waals surface area (Å²) in [6.07, 6.45) is 0. The minimum atomic E-state index is -3.84. The van der Waals surface area contributed by atoms with Crippen LogP contribution in [0.25, 0.3) is 0 Å². The molecular weight excluding hydrogens is 378 g/mol. The first kappa shape index (κ1) is 19.6. The Labute approximate surface area is 163 Å². The molecule has 0 saturated heterocycles. The molecule has 0 aliphatic rings. The van der Waals surface area contributed by atoms with Crippen molar-refractivity contribution in [3.63, 3.8) is 0 Å². The van der Waals surface area contributed by atoms with Crippen molar-refractivity contribution in [3.05, 3.63) is 71.5 Å². The number of benzene rings is 2. The molecule has 146 valence electrons. The first-order valence-electron chi connectivity index (χ1n) is 8.72. The number of carbonyl (C=O) groups is 1. The molecule has 1 aromatic heterocycles. The second-order valence-electron chi connectivity index (χ2n) is 6.69. The monoisotopic (exact) mass is 399 g/mol. The van der Waals surface area contributed by atoms with Crippen molar-refractivity contribution >= 4 is 27.4 Å². The van der Waals surface area contributed by atoms with E-state index in [4.69, 9.17) is 4.52 Å². The lowest BCUT2D eigenvalue weighted by molar-refractivity contribution is 0.102. The molecule has 0 bridgehead atoms. The van der Waals surface area contributed by atoms with Gasteiger partial charge in [-0.3, -0.25) is 9.52 Å². The van der Waals surface area contributed by atoms with Gasteiger partial charge in [-0.2, -0.15) is 0 Å². The third kappa shape index (κ3) is 4.58. The highest BCUT2D eigenvalue weighted by Crippen LogP contribution is 2.21. The second kappa shape index (κ2) is 7.85. The zero-order chi connectivity index (χ0) is 20.3. The van der Waals surface area contributed by atoms with E-state index in [2.05, 4.69) is 29.0 Å². The molecule has 3 rings (SSSR count). The highest BCUT2D eigenvalue weighted by atomic mass is 32.2. The van der Waals surface area contributed by atoms with Crippen LogP contribution in [0.3, 0.4) is 0 Å². The lowest BCUT2D eigenvalue weighted by Crippen LogP contribution is -2.16. The van der Waals surface area contributed by atoms with Gasteiger partial charge in [0.15, 0.2) is 5.82 Å². The summed E-state index contributed by atoms with van der Waals surface area (Å²) in [7, 11) is -3.84. The number of sulfonamides is 1. The van der Waals surface area contributed by atoms with Gasteiger partial charge in [0.25, 0.3) is 15.9 Å². The van der Waals surface area contributed by atoms with E-state index in [0.717, 1.165) is 5.56 Å². The Kier molecular flexibility index (Phi) is 5.51. The van der Waals surface area contributed by atoms with E-state index in [0.29, 0.717) is 17.4 Å². The highest BCUT2D eigenvalue weighted by molar-refractivity contribution is 7.92. The number of anilines is 2. The van der Waals surface area contributed by atoms with E-state index in [-0.39, 0.29) is 16.3 Å². The summed E-state index contributed by atoms with van der Waals surface area (Å²) in [5, 5.41) is 6.26. The first-order valence-corrected chi connectivity index (χ1v) is 10.2. The van der Waals surface area contributed by atoms with Gasteiger partial charge in [0.1, 0.15) is 5.76 Å². The number of aromatic nitrogens is 1. The summed E-state index contributed by atoms with van der Waals surface area (Å²) in [5.41, 5.74) is 1.76. The number of hydrogen-bond donors (Lipinski definition) is 2. The van der Waals surface area contributed by atoms with E-state index >= 15 is 0 Å². The summed E-state index contributed by atoms with van der Waals surface area (Å²) >= 11 is 0. The second-order valence-corrected chi connectivity index (χ2v) is 8.37. The number of hydrogen-bond acceptors (Lipinski definition) is 5. The molecular formula is C20H21N3O4S. The fourth-order valence-corrected chi connectivity index (χ4v) is 3.67. The van der Waals surface area contributed by atoms with Gasteiger partial charge in [0.05, 0.1) is 4.90 Å². The van der Waals surface area contributed by atoms with Crippen molar-refractivity contribution in [1.82, 2.24) is 5.16 Å². The van der Waals surface area contributed by atoms with Crippen LogP contribution < -0.4 is 10.0 Å². The Morgan fingerprint density at radius 2 is 1.79 bits per heavy atom. The minimum absolute atomic E-state index is 0.00980. The average molecular weight is 399 g/mol. The molecule has 0 atom stereocenters. The largest absolute Gasteiger partial charge is 0.360 e. The quantitative estimate of drug-likeness (QED) is 0.648. The number of amides is 1. The maximum absolute atomic E-state index is 12.7. The van der Waals surface area contributed by atoms with Gasteiger partial charge >= 0.3 is 0 Å². The third-order valence-electron chi connectivity index (χ3n) is 4.11. The van der Waals surface area contributed by atoms with Crippen molar-refractivity contribution in [2.75, 3.05) is 10.0 Å². The van der Waals surface area contributed by atoms with Crippen molar-refractivity contribution in [1.29, 1.82) is 0 Å². The Morgan fingerprint density at radius 3 is 2.39 bits per heavy atom. The predicted octanol–water partition coefficient (Wildman–Crippen LogP) is 4.16. The Bertz CT molecular complexity index is 1090. The molecule has 0 aliphatic heterocycles. The van der Waals surface area contributed by atoms with Gasteiger partial charge in [0.2, 0.25) is 0 Å². The summed E-state index contributed by atoms with van der Waals surface area (Å²) in [5.74, 6) is 0.694. The third-order valence-corrected chi connectivity index (χ3v) is 5.48. The van der Waals surface area contributed by atoms with E-state index in [1.807, 2.05) is 12.1 Å².